The summed E-state index contributed by atoms with van der Waals surface area (Å²) in [6, 6.07) is 5.67. The fraction of sp³-hybridized carbons (Fsp3) is 0.571. The van der Waals surface area contributed by atoms with Gasteiger partial charge >= 0.3 is 0 Å². The maximum Gasteiger partial charge on any atom is 0.240 e. The Hall–Kier alpha value is -2.65. The van der Waals surface area contributed by atoms with E-state index in [4.69, 9.17) is 14.0 Å². The molecule has 3 heterocycles. The van der Waals surface area contributed by atoms with Crippen molar-refractivity contribution in [3.63, 3.8) is 0 Å². The molecule has 1 saturated heterocycles. The Bertz CT molecular complexity index is 876. The van der Waals surface area contributed by atoms with Crippen LogP contribution in [0.3, 0.4) is 0 Å². The summed E-state index contributed by atoms with van der Waals surface area (Å²) in [7, 11) is 0. The Morgan fingerprint density at radius 1 is 1.10 bits per heavy atom. The molecule has 0 radical (unpaired) electrons. The second-order valence-corrected chi connectivity index (χ2v) is 8.16. The van der Waals surface area contributed by atoms with E-state index in [0.29, 0.717) is 19.0 Å². The molecule has 30 heavy (non-hydrogen) atoms. The minimum absolute atomic E-state index is 0.0205. The topological polar surface area (TPSA) is 93.0 Å². The van der Waals surface area contributed by atoms with Gasteiger partial charge in [-0.05, 0) is 24.6 Å². The largest absolute Gasteiger partial charge is 0.454 e. The second kappa shape index (κ2) is 9.01. The first-order valence-corrected chi connectivity index (χ1v) is 10.4. The van der Waals surface area contributed by atoms with Gasteiger partial charge < -0.3 is 19.3 Å². The number of amides is 1. The number of fused-ring (bicyclic) bond motifs is 1. The molecule has 0 bridgehead atoms. The normalized spacial score (nSPS) is 18.0. The van der Waals surface area contributed by atoms with Crippen molar-refractivity contribution in [1.29, 1.82) is 0 Å². The van der Waals surface area contributed by atoms with Gasteiger partial charge in [-0.1, -0.05) is 25.1 Å². The average molecular weight is 415 g/mol. The molecule has 1 amide bonds. The van der Waals surface area contributed by atoms with Crippen molar-refractivity contribution in [2.24, 2.45) is 0 Å². The van der Waals surface area contributed by atoms with Crippen molar-refractivity contribution < 1.29 is 18.8 Å². The van der Waals surface area contributed by atoms with E-state index in [1.807, 2.05) is 39.0 Å². The lowest BCUT2D eigenvalue weighted by molar-refractivity contribution is -0.123. The van der Waals surface area contributed by atoms with Crippen LogP contribution in [0.1, 0.15) is 50.0 Å². The van der Waals surface area contributed by atoms with E-state index in [0.717, 1.165) is 49.1 Å². The summed E-state index contributed by atoms with van der Waals surface area (Å²) in [5.41, 5.74) is 0.998. The highest BCUT2D eigenvalue weighted by Gasteiger charge is 2.22. The molecule has 0 spiro atoms. The van der Waals surface area contributed by atoms with Crippen molar-refractivity contribution in [3.8, 4) is 11.5 Å². The molecule has 1 unspecified atom stereocenters. The molecule has 9 nitrogen and oxygen atoms in total. The molecule has 1 fully saturated rings. The third-order valence-electron chi connectivity index (χ3n) is 5.47. The first-order chi connectivity index (χ1) is 14.5. The fourth-order valence-electron chi connectivity index (χ4n) is 3.62. The van der Waals surface area contributed by atoms with Crippen molar-refractivity contribution in [1.82, 2.24) is 25.3 Å². The predicted molar refractivity (Wildman–Crippen MR) is 109 cm³/mol. The molecule has 1 N–H and O–H groups in total. The van der Waals surface area contributed by atoms with Gasteiger partial charge in [-0.15, -0.1) is 0 Å². The van der Waals surface area contributed by atoms with Crippen LogP contribution >= 0.6 is 0 Å². The molecular weight excluding hydrogens is 386 g/mol. The molecule has 1 aromatic carbocycles. The number of carbonyl (C=O) groups is 1. The zero-order chi connectivity index (χ0) is 21.1. The predicted octanol–water partition coefficient (Wildman–Crippen LogP) is 1.92. The Labute approximate surface area is 176 Å². The van der Waals surface area contributed by atoms with Crippen molar-refractivity contribution in [2.75, 3.05) is 39.5 Å². The van der Waals surface area contributed by atoms with E-state index in [-0.39, 0.29) is 24.7 Å². The Kier molecular flexibility index (Phi) is 6.19. The number of nitrogens with zero attached hydrogens (tertiary/aromatic N) is 4. The van der Waals surface area contributed by atoms with Gasteiger partial charge in [0.2, 0.25) is 18.6 Å². The monoisotopic (exact) mass is 415 g/mol. The van der Waals surface area contributed by atoms with Crippen LogP contribution in [0.4, 0.5) is 0 Å². The highest BCUT2D eigenvalue weighted by atomic mass is 16.7. The Morgan fingerprint density at radius 3 is 2.57 bits per heavy atom. The number of carbonyl (C=O) groups excluding carboxylic acids is 1. The van der Waals surface area contributed by atoms with Crippen molar-refractivity contribution >= 4 is 5.91 Å². The van der Waals surface area contributed by atoms with E-state index in [2.05, 4.69) is 25.3 Å². The van der Waals surface area contributed by atoms with Gasteiger partial charge in [0.25, 0.3) is 0 Å². The zero-order valence-electron chi connectivity index (χ0n) is 17.8. The number of ether oxygens (including phenoxy) is 2. The van der Waals surface area contributed by atoms with Crippen LogP contribution in [0.5, 0.6) is 11.5 Å². The lowest BCUT2D eigenvalue weighted by Crippen LogP contribution is -2.49. The third-order valence-corrected chi connectivity index (χ3v) is 5.47. The molecule has 1 atom stereocenters. The van der Waals surface area contributed by atoms with Gasteiger partial charge in [0.1, 0.15) is 0 Å². The van der Waals surface area contributed by atoms with Crippen LogP contribution in [-0.4, -0.2) is 65.4 Å². The van der Waals surface area contributed by atoms with Crippen LogP contribution in [0.2, 0.25) is 0 Å². The molecule has 162 valence electrons. The van der Waals surface area contributed by atoms with E-state index >= 15 is 0 Å². The van der Waals surface area contributed by atoms with Crippen LogP contribution in [0.25, 0.3) is 0 Å². The molecular formula is C21H29N5O4. The van der Waals surface area contributed by atoms with Crippen LogP contribution < -0.4 is 14.8 Å². The smallest absolute Gasteiger partial charge is 0.240 e. The van der Waals surface area contributed by atoms with E-state index in [1.165, 1.54) is 0 Å². The number of piperazine rings is 1. The number of nitrogens with one attached hydrogen (secondary N) is 1. The summed E-state index contributed by atoms with van der Waals surface area (Å²) in [6.07, 6.45) is 0. The standard InChI is InChI=1S/C21H29N5O4/c1-14(2)21-23-20(30-24-21)12-26-8-6-25(7-9-26)11-19(27)22-15(3)16-4-5-17-18(10-16)29-13-28-17/h4-5,10,14-15H,6-9,11-13H2,1-3H3,(H,22,27). The lowest BCUT2D eigenvalue weighted by Gasteiger charge is -2.33. The number of benzene rings is 1. The van der Waals surface area contributed by atoms with Gasteiger partial charge in [0, 0.05) is 32.1 Å². The quantitative estimate of drug-likeness (QED) is 0.733. The highest BCUT2D eigenvalue weighted by molar-refractivity contribution is 5.78. The van der Waals surface area contributed by atoms with E-state index in [1.54, 1.807) is 0 Å². The number of hydrogen-bond acceptors (Lipinski definition) is 8. The molecule has 1 aromatic heterocycles. The van der Waals surface area contributed by atoms with Gasteiger partial charge in [0.15, 0.2) is 17.3 Å². The Morgan fingerprint density at radius 2 is 1.83 bits per heavy atom. The molecule has 2 aliphatic rings. The van der Waals surface area contributed by atoms with Crippen LogP contribution in [0.15, 0.2) is 22.7 Å². The molecule has 2 aromatic rings. The van der Waals surface area contributed by atoms with Crippen LogP contribution in [0, 0.1) is 0 Å². The summed E-state index contributed by atoms with van der Waals surface area (Å²) in [4.78, 5) is 21.4. The third kappa shape index (κ3) is 4.91. The van der Waals surface area contributed by atoms with E-state index < -0.39 is 0 Å². The number of rotatable bonds is 7. The maximum absolute atomic E-state index is 12.5. The summed E-state index contributed by atoms with van der Waals surface area (Å²) in [5, 5.41) is 7.09. The second-order valence-electron chi connectivity index (χ2n) is 8.16. The molecule has 2 aliphatic heterocycles. The fourth-order valence-corrected chi connectivity index (χ4v) is 3.62. The average Bonchev–Trinajstić information content (AvgIpc) is 3.38. The summed E-state index contributed by atoms with van der Waals surface area (Å²) < 4.78 is 16.1. The number of hydrogen-bond donors (Lipinski definition) is 1. The minimum Gasteiger partial charge on any atom is -0.454 e. The van der Waals surface area contributed by atoms with Crippen molar-refractivity contribution in [2.45, 2.75) is 39.3 Å². The first-order valence-electron chi connectivity index (χ1n) is 10.4. The van der Waals surface area contributed by atoms with Crippen LogP contribution in [-0.2, 0) is 11.3 Å². The number of aromatic nitrogens is 2. The van der Waals surface area contributed by atoms with Gasteiger partial charge in [-0.25, -0.2) is 0 Å². The highest BCUT2D eigenvalue weighted by Crippen LogP contribution is 2.34. The first kappa shape index (κ1) is 20.6. The molecule has 9 heteroatoms. The summed E-state index contributed by atoms with van der Waals surface area (Å²) >= 11 is 0. The lowest BCUT2D eigenvalue weighted by atomic mass is 10.1. The minimum atomic E-state index is -0.0963. The molecule has 4 rings (SSSR count). The zero-order valence-corrected chi connectivity index (χ0v) is 17.8. The van der Waals surface area contributed by atoms with Gasteiger partial charge in [0.05, 0.1) is 19.1 Å². The summed E-state index contributed by atoms with van der Waals surface area (Å²) in [6.45, 7) is 10.8. The molecule has 0 saturated carbocycles. The maximum atomic E-state index is 12.5. The van der Waals surface area contributed by atoms with Gasteiger partial charge in [-0.2, -0.15) is 4.98 Å². The van der Waals surface area contributed by atoms with Crippen molar-refractivity contribution in [3.05, 3.63) is 35.5 Å². The van der Waals surface area contributed by atoms with Gasteiger partial charge in [-0.3, -0.25) is 14.6 Å². The van der Waals surface area contributed by atoms with E-state index in [9.17, 15) is 4.79 Å². The summed E-state index contributed by atoms with van der Waals surface area (Å²) in [5.74, 6) is 3.16. The Balaban J connectivity index is 1.21. The molecule has 0 aliphatic carbocycles. The SMILES string of the molecule is CC(C)c1noc(CN2CCN(CC(=O)NC(C)c3ccc4c(c3)OCO4)CC2)n1.